The van der Waals surface area contributed by atoms with Crippen molar-refractivity contribution in [3.8, 4) is 0 Å². The van der Waals surface area contributed by atoms with Crippen molar-refractivity contribution < 1.29 is 37.0 Å². The van der Waals surface area contributed by atoms with Gasteiger partial charge in [0.1, 0.15) is 17.2 Å². The molecule has 12 heteroatoms. The van der Waals surface area contributed by atoms with E-state index in [1.54, 1.807) is 6.26 Å². The third-order valence-electron chi connectivity index (χ3n) is 6.07. The molecule has 4 rings (SSSR count). The minimum atomic E-state index is -5.08. The van der Waals surface area contributed by atoms with E-state index in [1.807, 2.05) is 43.3 Å². The fraction of sp³-hybridized carbons (Fsp3) is 0.591. The van der Waals surface area contributed by atoms with E-state index in [0.717, 1.165) is 44.1 Å². The van der Waals surface area contributed by atoms with Gasteiger partial charge in [-0.1, -0.05) is 0 Å². The van der Waals surface area contributed by atoms with Gasteiger partial charge in [-0.05, 0) is 38.8 Å². The number of carbonyl (C=O) groups excluding carboxylic acids is 1. The number of fused-ring (bicyclic) bond motifs is 2. The van der Waals surface area contributed by atoms with Gasteiger partial charge in [0.2, 0.25) is 0 Å². The van der Waals surface area contributed by atoms with E-state index in [-0.39, 0.29) is 5.91 Å². The summed E-state index contributed by atoms with van der Waals surface area (Å²) in [4.78, 5) is 30.6. The van der Waals surface area contributed by atoms with E-state index in [4.69, 9.17) is 19.1 Å². The highest BCUT2D eigenvalue weighted by molar-refractivity contribution is 5.81. The number of furan rings is 1. The minimum Gasteiger partial charge on any atom is -0.475 e. The summed E-state index contributed by atoms with van der Waals surface area (Å²) >= 11 is 0. The highest BCUT2D eigenvalue weighted by atomic mass is 19.4. The molecule has 2 aromatic rings. The maximum atomic E-state index is 12.9. The van der Waals surface area contributed by atoms with E-state index >= 15 is 0 Å². The second kappa shape index (κ2) is 10.6. The number of aromatic nitrogens is 2. The van der Waals surface area contributed by atoms with Crippen molar-refractivity contribution in [2.45, 2.75) is 57.7 Å². The highest BCUT2D eigenvalue weighted by Crippen LogP contribution is 2.40. The van der Waals surface area contributed by atoms with Crippen molar-refractivity contribution in [3.05, 3.63) is 42.4 Å². The van der Waals surface area contributed by atoms with Crippen LogP contribution >= 0.6 is 0 Å². The van der Waals surface area contributed by atoms with Gasteiger partial charge in [-0.25, -0.2) is 9.78 Å². The zero-order chi connectivity index (χ0) is 24.9. The summed E-state index contributed by atoms with van der Waals surface area (Å²) in [5.74, 6) is -0.736. The van der Waals surface area contributed by atoms with Gasteiger partial charge in [-0.3, -0.25) is 9.69 Å². The number of piperidine rings is 1. The lowest BCUT2D eigenvalue weighted by atomic mass is 9.88. The van der Waals surface area contributed by atoms with E-state index in [1.165, 1.54) is 0 Å². The molecule has 2 aromatic heterocycles. The molecule has 9 nitrogen and oxygen atoms in total. The smallest absolute Gasteiger partial charge is 0.475 e. The van der Waals surface area contributed by atoms with E-state index < -0.39 is 23.9 Å². The molecule has 4 heterocycles. The number of carboxylic acids is 1. The number of carbonyl (C=O) groups is 2. The third-order valence-corrected chi connectivity index (χ3v) is 6.07. The number of imidazole rings is 1. The molecule has 1 saturated heterocycles. The first-order valence-corrected chi connectivity index (χ1v) is 11.1. The monoisotopic (exact) mass is 486 g/mol. The summed E-state index contributed by atoms with van der Waals surface area (Å²) in [5, 5.41) is 7.12. The Bertz CT molecular complexity index is 948. The molecule has 1 N–H and O–H groups in total. The van der Waals surface area contributed by atoms with Crippen LogP contribution in [0.1, 0.15) is 38.3 Å². The van der Waals surface area contributed by atoms with Gasteiger partial charge >= 0.3 is 12.1 Å². The Kier molecular flexibility index (Phi) is 8.03. The molecule has 0 radical (unpaired) electrons. The van der Waals surface area contributed by atoms with Gasteiger partial charge in [0.15, 0.2) is 6.10 Å². The summed E-state index contributed by atoms with van der Waals surface area (Å²) in [6.45, 7) is 8.55. The maximum absolute atomic E-state index is 12.9. The van der Waals surface area contributed by atoms with Gasteiger partial charge in [-0.2, -0.15) is 13.2 Å². The lowest BCUT2D eigenvalue weighted by Crippen LogP contribution is -2.54. The average Bonchev–Trinajstić information content (AvgIpc) is 3.48. The Morgan fingerprint density at radius 3 is 2.44 bits per heavy atom. The van der Waals surface area contributed by atoms with Gasteiger partial charge < -0.3 is 23.7 Å². The average molecular weight is 486 g/mol. The number of likely N-dealkylation sites (tertiary alicyclic amines) is 1. The van der Waals surface area contributed by atoms with Crippen LogP contribution in [0.4, 0.5) is 13.2 Å². The van der Waals surface area contributed by atoms with Crippen LogP contribution in [0, 0.1) is 0 Å². The summed E-state index contributed by atoms with van der Waals surface area (Å²) in [7, 11) is 0. The van der Waals surface area contributed by atoms with E-state index in [9.17, 15) is 18.0 Å². The number of halogens is 3. The van der Waals surface area contributed by atoms with Crippen LogP contribution in [0.5, 0.6) is 0 Å². The minimum absolute atomic E-state index is 0.0803. The van der Waals surface area contributed by atoms with Gasteiger partial charge in [0.25, 0.3) is 5.91 Å². The molecule has 0 aliphatic carbocycles. The number of hydrogen-bond donors (Lipinski definition) is 1. The largest absolute Gasteiger partial charge is 0.490 e. The predicted molar refractivity (Wildman–Crippen MR) is 114 cm³/mol. The van der Waals surface area contributed by atoms with Crippen molar-refractivity contribution in [3.63, 3.8) is 0 Å². The van der Waals surface area contributed by atoms with E-state index in [2.05, 4.69) is 14.5 Å². The molecule has 0 bridgehead atoms. The number of ether oxygens (including phenoxy) is 1. The topological polar surface area (TPSA) is 101 Å². The SMILES string of the molecule is CCN(CC)C(=O)C1Cn2ccnc2C2(CCN(Cc3ccco3)CC2)O1.O=C(O)C(F)(F)F. The maximum Gasteiger partial charge on any atom is 0.490 e. The lowest BCUT2D eigenvalue weighted by Gasteiger charge is -2.46. The number of rotatable bonds is 5. The molecule has 1 spiro atoms. The van der Waals surface area contributed by atoms with Crippen LogP contribution in [0.3, 0.4) is 0 Å². The van der Waals surface area contributed by atoms with Crippen LogP contribution in [0.15, 0.2) is 35.2 Å². The molecule has 2 aliphatic rings. The normalized spacial score (nSPS) is 19.7. The Hall–Kier alpha value is -2.86. The zero-order valence-corrected chi connectivity index (χ0v) is 19.1. The Balaban J connectivity index is 0.000000406. The molecule has 1 unspecified atom stereocenters. The Morgan fingerprint density at radius 1 is 1.26 bits per heavy atom. The van der Waals surface area contributed by atoms with Crippen molar-refractivity contribution in [2.24, 2.45) is 0 Å². The number of amides is 1. The second-order valence-corrected chi connectivity index (χ2v) is 8.17. The number of hydrogen-bond acceptors (Lipinski definition) is 6. The number of carboxylic acid groups (broad SMARTS) is 1. The Labute approximate surface area is 195 Å². The fourth-order valence-electron chi connectivity index (χ4n) is 4.30. The molecule has 1 fully saturated rings. The van der Waals surface area contributed by atoms with Crippen LogP contribution < -0.4 is 0 Å². The first kappa shape index (κ1) is 25.8. The summed E-state index contributed by atoms with van der Waals surface area (Å²) in [6, 6.07) is 3.93. The van der Waals surface area contributed by atoms with Crippen LogP contribution in [0.25, 0.3) is 0 Å². The number of aliphatic carboxylic acids is 1. The zero-order valence-electron chi connectivity index (χ0n) is 19.1. The van der Waals surface area contributed by atoms with Crippen molar-refractivity contribution in [1.29, 1.82) is 0 Å². The molecule has 0 aromatic carbocycles. The molecule has 0 saturated carbocycles. The van der Waals surface area contributed by atoms with Crippen molar-refractivity contribution >= 4 is 11.9 Å². The van der Waals surface area contributed by atoms with Gasteiger partial charge in [0, 0.05) is 38.6 Å². The molecular formula is C22H29F3N4O5. The van der Waals surface area contributed by atoms with Crippen molar-refractivity contribution in [1.82, 2.24) is 19.4 Å². The molecular weight excluding hydrogens is 457 g/mol. The molecule has 1 atom stereocenters. The summed E-state index contributed by atoms with van der Waals surface area (Å²) in [5.41, 5.74) is -0.477. The quantitative estimate of drug-likeness (QED) is 0.694. The summed E-state index contributed by atoms with van der Waals surface area (Å²) < 4.78 is 45.8. The van der Waals surface area contributed by atoms with Crippen LogP contribution in [-0.4, -0.2) is 74.8 Å². The first-order valence-electron chi connectivity index (χ1n) is 11.1. The standard InChI is InChI=1S/C20H28N4O3.C2HF3O2/c1-3-23(4-2)18(25)17-15-24-12-9-21-19(24)20(27-17)7-10-22(11-8-20)14-16-6-5-13-26-16;3-2(4,5)1(6)7/h5-6,9,12-13,17H,3-4,7-8,10-11,14-15H2,1-2H3;(H,6,7). The fourth-order valence-corrected chi connectivity index (χ4v) is 4.30. The number of alkyl halides is 3. The third kappa shape index (κ3) is 5.79. The first-order chi connectivity index (χ1) is 16.1. The second-order valence-electron chi connectivity index (χ2n) is 8.17. The van der Waals surface area contributed by atoms with E-state index in [0.29, 0.717) is 19.6 Å². The molecule has 34 heavy (non-hydrogen) atoms. The summed E-state index contributed by atoms with van der Waals surface area (Å²) in [6.07, 6.45) is 1.63. The Morgan fingerprint density at radius 2 is 1.91 bits per heavy atom. The highest BCUT2D eigenvalue weighted by Gasteiger charge is 2.47. The lowest BCUT2D eigenvalue weighted by molar-refractivity contribution is -0.192. The number of likely N-dealkylation sites (N-methyl/N-ethyl adjacent to an activating group) is 1. The van der Waals surface area contributed by atoms with Gasteiger partial charge in [0.05, 0.1) is 19.4 Å². The molecule has 2 aliphatic heterocycles. The van der Waals surface area contributed by atoms with Gasteiger partial charge in [-0.15, -0.1) is 0 Å². The molecule has 188 valence electrons. The van der Waals surface area contributed by atoms with Crippen LogP contribution in [-0.2, 0) is 33.0 Å². The molecule has 1 amide bonds. The predicted octanol–water partition coefficient (Wildman–Crippen LogP) is 2.87. The van der Waals surface area contributed by atoms with Crippen LogP contribution in [0.2, 0.25) is 0 Å². The number of nitrogens with zero attached hydrogens (tertiary/aromatic N) is 4. The van der Waals surface area contributed by atoms with Crippen molar-refractivity contribution in [2.75, 3.05) is 26.2 Å².